The molecule has 80 valence electrons. The maximum Gasteiger partial charge on any atom is 0.0240 e. The smallest absolute Gasteiger partial charge is 0.0240 e. The number of alkyl halides is 2. The highest BCUT2D eigenvalue weighted by Crippen LogP contribution is 2.10. The molecule has 0 bridgehead atoms. The fourth-order valence-electron chi connectivity index (χ4n) is 0.614. The van der Waals surface area contributed by atoms with Crippen LogP contribution in [0.15, 0.2) is 30.3 Å². The van der Waals surface area contributed by atoms with Crippen LogP contribution in [0.2, 0.25) is 0 Å². The summed E-state index contributed by atoms with van der Waals surface area (Å²) in [6.07, 6.45) is 0. The van der Waals surface area contributed by atoms with E-state index in [-0.39, 0.29) is 0 Å². The Morgan fingerprint density at radius 2 is 1.50 bits per heavy atom. The number of benzene rings is 1. The second-order valence-corrected chi connectivity index (χ2v) is 5.93. The third-order valence-electron chi connectivity index (χ3n) is 1.71. The highest BCUT2D eigenvalue weighted by atomic mass is 79.9. The standard InChI is InChI=1S/C7H9N.C4H8Br2/c8-6-7-4-2-1-3-5-7;1-3(5)4(2)6/h1-5H,6,8H2;3-4H,1-2H3. The van der Waals surface area contributed by atoms with E-state index in [0.29, 0.717) is 16.2 Å². The van der Waals surface area contributed by atoms with Crippen LogP contribution in [-0.4, -0.2) is 9.65 Å². The van der Waals surface area contributed by atoms with E-state index < -0.39 is 0 Å². The van der Waals surface area contributed by atoms with E-state index in [0.717, 1.165) is 0 Å². The molecule has 0 amide bonds. The first kappa shape index (κ1) is 14.1. The van der Waals surface area contributed by atoms with Gasteiger partial charge >= 0.3 is 0 Å². The molecule has 2 unspecified atom stereocenters. The zero-order chi connectivity index (χ0) is 11.0. The average Bonchev–Trinajstić information content (AvgIpc) is 2.20. The molecule has 1 rings (SSSR count). The summed E-state index contributed by atoms with van der Waals surface area (Å²) in [6.45, 7) is 4.86. The van der Waals surface area contributed by atoms with Crippen molar-refractivity contribution >= 4 is 31.9 Å². The molecule has 2 N–H and O–H groups in total. The minimum absolute atomic E-state index is 0.581. The third kappa shape index (κ3) is 7.54. The van der Waals surface area contributed by atoms with E-state index in [9.17, 15) is 0 Å². The predicted octanol–water partition coefficient (Wildman–Crippen LogP) is 3.70. The zero-order valence-corrected chi connectivity index (χ0v) is 11.8. The third-order valence-corrected chi connectivity index (χ3v) is 4.01. The van der Waals surface area contributed by atoms with Crippen molar-refractivity contribution < 1.29 is 0 Å². The lowest BCUT2D eigenvalue weighted by atomic mass is 10.2. The molecule has 0 heterocycles. The summed E-state index contributed by atoms with van der Waals surface area (Å²) in [6, 6.07) is 9.99. The summed E-state index contributed by atoms with van der Waals surface area (Å²) in [5.74, 6) is 0. The molecule has 1 aromatic carbocycles. The maximum atomic E-state index is 5.35. The summed E-state index contributed by atoms with van der Waals surface area (Å²) >= 11 is 6.78. The Labute approximate surface area is 103 Å². The second kappa shape index (κ2) is 8.45. The van der Waals surface area contributed by atoms with Gasteiger partial charge in [0.1, 0.15) is 0 Å². The summed E-state index contributed by atoms with van der Waals surface area (Å²) in [7, 11) is 0. The van der Waals surface area contributed by atoms with Crippen LogP contribution in [0, 0.1) is 0 Å². The van der Waals surface area contributed by atoms with Crippen molar-refractivity contribution in [1.29, 1.82) is 0 Å². The molecule has 0 radical (unpaired) electrons. The van der Waals surface area contributed by atoms with E-state index in [1.807, 2.05) is 30.3 Å². The van der Waals surface area contributed by atoms with Gasteiger partial charge in [-0.3, -0.25) is 0 Å². The maximum absolute atomic E-state index is 5.35. The fourth-order valence-corrected chi connectivity index (χ4v) is 0.614. The van der Waals surface area contributed by atoms with Crippen LogP contribution < -0.4 is 5.73 Å². The first-order valence-electron chi connectivity index (χ1n) is 4.60. The number of nitrogens with two attached hydrogens (primary N) is 1. The lowest BCUT2D eigenvalue weighted by molar-refractivity contribution is 0.959. The van der Waals surface area contributed by atoms with Crippen LogP contribution in [0.3, 0.4) is 0 Å². The quantitative estimate of drug-likeness (QED) is 0.825. The molecule has 1 aromatic rings. The summed E-state index contributed by atoms with van der Waals surface area (Å²) in [5.41, 5.74) is 6.54. The highest BCUT2D eigenvalue weighted by molar-refractivity contribution is 9.12. The Kier molecular flexibility index (Phi) is 8.53. The SMILES string of the molecule is CC(Br)C(C)Br.NCc1ccccc1. The Morgan fingerprint density at radius 1 is 1.07 bits per heavy atom. The van der Waals surface area contributed by atoms with Gasteiger partial charge < -0.3 is 5.73 Å². The topological polar surface area (TPSA) is 26.0 Å². The van der Waals surface area contributed by atoms with Gasteiger partial charge in [-0.15, -0.1) is 0 Å². The van der Waals surface area contributed by atoms with Gasteiger partial charge in [0.25, 0.3) is 0 Å². The molecule has 0 aromatic heterocycles. The molecule has 0 aliphatic carbocycles. The van der Waals surface area contributed by atoms with Crippen LogP contribution in [0.5, 0.6) is 0 Å². The fraction of sp³-hybridized carbons (Fsp3) is 0.455. The van der Waals surface area contributed by atoms with Gasteiger partial charge in [0.05, 0.1) is 0 Å². The molecule has 0 spiro atoms. The van der Waals surface area contributed by atoms with Crippen LogP contribution in [-0.2, 0) is 6.54 Å². The van der Waals surface area contributed by atoms with Gasteiger partial charge in [0.15, 0.2) is 0 Å². The molecule has 0 saturated carbocycles. The van der Waals surface area contributed by atoms with Crippen molar-refractivity contribution in [1.82, 2.24) is 0 Å². The minimum Gasteiger partial charge on any atom is -0.326 e. The molecular formula is C11H17Br2N. The van der Waals surface area contributed by atoms with Gasteiger partial charge in [-0.25, -0.2) is 0 Å². The predicted molar refractivity (Wildman–Crippen MR) is 71.1 cm³/mol. The monoisotopic (exact) mass is 321 g/mol. The Balaban J connectivity index is 0.000000255. The van der Waals surface area contributed by atoms with Gasteiger partial charge in [-0.2, -0.15) is 0 Å². The van der Waals surface area contributed by atoms with E-state index in [1.165, 1.54) is 5.56 Å². The molecule has 3 heteroatoms. The molecule has 14 heavy (non-hydrogen) atoms. The average molecular weight is 323 g/mol. The van der Waals surface area contributed by atoms with Crippen LogP contribution in [0.1, 0.15) is 19.4 Å². The zero-order valence-electron chi connectivity index (χ0n) is 8.58. The van der Waals surface area contributed by atoms with Gasteiger partial charge in [-0.1, -0.05) is 76.0 Å². The Bertz CT molecular complexity index is 216. The van der Waals surface area contributed by atoms with Gasteiger partial charge in [0.2, 0.25) is 0 Å². The lowest BCUT2D eigenvalue weighted by Gasteiger charge is -2.01. The van der Waals surface area contributed by atoms with Crippen molar-refractivity contribution in [3.63, 3.8) is 0 Å². The molecule has 0 aliphatic rings. The van der Waals surface area contributed by atoms with Crippen LogP contribution >= 0.6 is 31.9 Å². The minimum atomic E-state index is 0.581. The molecule has 0 fully saturated rings. The van der Waals surface area contributed by atoms with Crippen molar-refractivity contribution in [3.05, 3.63) is 35.9 Å². The number of hydrogen-bond donors (Lipinski definition) is 1. The van der Waals surface area contributed by atoms with E-state index in [2.05, 4.69) is 45.7 Å². The van der Waals surface area contributed by atoms with Crippen LogP contribution in [0.4, 0.5) is 0 Å². The van der Waals surface area contributed by atoms with Crippen molar-refractivity contribution in [2.75, 3.05) is 0 Å². The normalized spacial score (nSPS) is 13.8. The number of halogens is 2. The van der Waals surface area contributed by atoms with Crippen LogP contribution in [0.25, 0.3) is 0 Å². The van der Waals surface area contributed by atoms with E-state index in [1.54, 1.807) is 0 Å². The summed E-state index contributed by atoms with van der Waals surface area (Å²) in [4.78, 5) is 1.16. The Morgan fingerprint density at radius 3 is 1.71 bits per heavy atom. The number of rotatable bonds is 2. The molecule has 2 atom stereocenters. The van der Waals surface area contributed by atoms with E-state index >= 15 is 0 Å². The highest BCUT2D eigenvalue weighted by Gasteiger charge is 2.00. The van der Waals surface area contributed by atoms with Crippen molar-refractivity contribution in [2.45, 2.75) is 30.0 Å². The lowest BCUT2D eigenvalue weighted by Crippen LogP contribution is -2.02. The molecule has 0 aliphatic heterocycles. The first-order valence-corrected chi connectivity index (χ1v) is 6.43. The molecular weight excluding hydrogens is 306 g/mol. The molecule has 0 saturated heterocycles. The van der Waals surface area contributed by atoms with Crippen molar-refractivity contribution in [2.24, 2.45) is 5.73 Å². The first-order chi connectivity index (χ1) is 6.57. The summed E-state index contributed by atoms with van der Waals surface area (Å²) in [5, 5.41) is 0. The number of hydrogen-bond acceptors (Lipinski definition) is 1. The van der Waals surface area contributed by atoms with Gasteiger partial charge in [-0.05, 0) is 5.56 Å². The second-order valence-electron chi connectivity index (χ2n) is 3.04. The van der Waals surface area contributed by atoms with E-state index in [4.69, 9.17) is 5.73 Å². The molecule has 1 nitrogen and oxygen atoms in total. The van der Waals surface area contributed by atoms with Gasteiger partial charge in [0, 0.05) is 16.2 Å². The largest absolute Gasteiger partial charge is 0.326 e. The summed E-state index contributed by atoms with van der Waals surface area (Å²) < 4.78 is 0. The van der Waals surface area contributed by atoms with Crippen molar-refractivity contribution in [3.8, 4) is 0 Å². The Hall–Kier alpha value is 0.140.